The zero-order valence-electron chi connectivity index (χ0n) is 18.1. The highest BCUT2D eigenvalue weighted by Gasteiger charge is 2.24. The maximum atomic E-state index is 12.9. The Bertz CT molecular complexity index is 1170. The van der Waals surface area contributed by atoms with E-state index in [0.29, 0.717) is 22.4 Å². The maximum absolute atomic E-state index is 12.9. The number of benzene rings is 2. The normalized spacial score (nSPS) is 17.2. The summed E-state index contributed by atoms with van der Waals surface area (Å²) in [5.74, 6) is -0.0886. The van der Waals surface area contributed by atoms with Crippen LogP contribution in [-0.2, 0) is 28.9 Å². The topological polar surface area (TPSA) is 90.5 Å². The first-order valence-electron chi connectivity index (χ1n) is 10.6. The van der Waals surface area contributed by atoms with Gasteiger partial charge in [-0.15, -0.1) is 23.1 Å². The fourth-order valence-corrected chi connectivity index (χ4v) is 6.21. The number of halogens is 1. The minimum atomic E-state index is -2.12. The summed E-state index contributed by atoms with van der Waals surface area (Å²) in [6, 6.07) is 18.5. The van der Waals surface area contributed by atoms with Crippen molar-refractivity contribution in [3.63, 3.8) is 0 Å². The van der Waals surface area contributed by atoms with Crippen molar-refractivity contribution in [1.82, 2.24) is 10.6 Å². The number of rotatable bonds is 9. The molecule has 4 rings (SSSR count). The number of hydrogen-bond acceptors (Lipinski definition) is 5. The summed E-state index contributed by atoms with van der Waals surface area (Å²) < 4.78 is 22.4. The van der Waals surface area contributed by atoms with Gasteiger partial charge >= 0.3 is 0 Å². The van der Waals surface area contributed by atoms with E-state index in [1.807, 2.05) is 24.3 Å². The molecule has 1 aliphatic heterocycles. The molecule has 1 aliphatic rings. The molecule has 0 radical (unpaired) electrons. The van der Waals surface area contributed by atoms with E-state index in [-0.39, 0.29) is 18.4 Å². The Labute approximate surface area is 214 Å². The molecule has 2 unspecified atom stereocenters. The van der Waals surface area contributed by atoms with E-state index in [1.54, 1.807) is 47.4 Å². The molecule has 34 heavy (non-hydrogen) atoms. The van der Waals surface area contributed by atoms with E-state index in [2.05, 4.69) is 38.3 Å². The molecule has 3 aromatic rings. The van der Waals surface area contributed by atoms with Crippen molar-refractivity contribution in [1.29, 1.82) is 0 Å². The molecule has 3 atom stereocenters. The summed E-state index contributed by atoms with van der Waals surface area (Å²) in [4.78, 5) is 14.2. The highest BCUT2D eigenvalue weighted by Crippen LogP contribution is 2.36. The number of anilines is 1. The van der Waals surface area contributed by atoms with Crippen LogP contribution in [0.15, 0.2) is 77.1 Å². The van der Waals surface area contributed by atoms with Crippen LogP contribution in [0.25, 0.3) is 0 Å². The van der Waals surface area contributed by atoms with Gasteiger partial charge in [-0.2, -0.15) is 0 Å². The Morgan fingerprint density at radius 1 is 1.18 bits per heavy atom. The predicted octanol–water partition coefficient (Wildman–Crippen LogP) is 5.14. The third-order valence-corrected chi connectivity index (χ3v) is 8.19. The molecule has 6 nitrogen and oxygen atoms in total. The molecule has 178 valence electrons. The summed E-state index contributed by atoms with van der Waals surface area (Å²) in [7, 11) is 0. The van der Waals surface area contributed by atoms with Crippen molar-refractivity contribution >= 4 is 57.6 Å². The predicted molar refractivity (Wildman–Crippen MR) is 142 cm³/mol. The van der Waals surface area contributed by atoms with Gasteiger partial charge in [0.15, 0.2) is 0 Å². The van der Waals surface area contributed by atoms with Crippen molar-refractivity contribution in [2.45, 2.75) is 24.1 Å². The van der Waals surface area contributed by atoms with E-state index in [4.69, 9.17) is 16.2 Å². The monoisotopic (exact) mass is 533 g/mol. The molecular formula is C24H24ClN3O3S3. The molecule has 2 heterocycles. The Kier molecular flexibility index (Phi) is 8.69. The zero-order chi connectivity index (χ0) is 23.9. The summed E-state index contributed by atoms with van der Waals surface area (Å²) in [5, 5.41) is 11.8. The summed E-state index contributed by atoms with van der Waals surface area (Å²) in [5.41, 5.74) is 3.37. The number of amides is 1. The lowest BCUT2D eigenvalue weighted by Gasteiger charge is -2.29. The summed E-state index contributed by atoms with van der Waals surface area (Å²) in [6.45, 7) is 0.781. The maximum Gasteiger partial charge on any atom is 0.259 e. The number of thiophene rings is 1. The van der Waals surface area contributed by atoms with Gasteiger partial charge in [-0.25, -0.2) is 4.21 Å². The van der Waals surface area contributed by atoms with Crippen LogP contribution in [0.4, 0.5) is 5.69 Å². The molecular weight excluding hydrogens is 510 g/mol. The van der Waals surface area contributed by atoms with Crippen molar-refractivity contribution in [3.8, 4) is 0 Å². The Balaban J connectivity index is 1.48. The molecule has 0 aliphatic carbocycles. The van der Waals surface area contributed by atoms with E-state index >= 15 is 0 Å². The van der Waals surface area contributed by atoms with Gasteiger partial charge in [-0.05, 0) is 58.7 Å². The molecule has 4 N–H and O–H groups in total. The van der Waals surface area contributed by atoms with Crippen LogP contribution in [0.2, 0.25) is 5.02 Å². The lowest BCUT2D eigenvalue weighted by Crippen LogP contribution is -2.43. The van der Waals surface area contributed by atoms with Crippen molar-refractivity contribution in [3.05, 3.63) is 98.2 Å². The van der Waals surface area contributed by atoms with Crippen molar-refractivity contribution in [2.24, 2.45) is 0 Å². The lowest BCUT2D eigenvalue weighted by atomic mass is 10.0. The highest BCUT2D eigenvalue weighted by atomic mass is 35.5. The number of thioether (sulfide) groups is 1. The molecule has 0 saturated carbocycles. The molecule has 1 aromatic heterocycles. The van der Waals surface area contributed by atoms with Crippen molar-refractivity contribution in [2.75, 3.05) is 11.3 Å². The molecule has 10 heteroatoms. The lowest BCUT2D eigenvalue weighted by molar-refractivity contribution is -0.120. The number of carbonyl (C=O) groups excluding carboxylic acids is 1. The second kappa shape index (κ2) is 11.9. The van der Waals surface area contributed by atoms with Crippen molar-refractivity contribution < 1.29 is 13.6 Å². The van der Waals surface area contributed by atoms with Gasteiger partial charge in [-0.1, -0.05) is 41.9 Å². The first-order valence-corrected chi connectivity index (χ1v) is 13.9. The molecule has 0 spiro atoms. The molecule has 1 amide bonds. The third-order valence-electron chi connectivity index (χ3n) is 5.27. The van der Waals surface area contributed by atoms with Crippen LogP contribution in [0.1, 0.15) is 21.3 Å². The van der Waals surface area contributed by atoms with Gasteiger partial charge in [-0.3, -0.25) is 14.1 Å². The fraction of sp³-hybridized carbons (Fsp3) is 0.208. The van der Waals surface area contributed by atoms with Crippen LogP contribution >= 0.6 is 34.7 Å². The van der Waals surface area contributed by atoms with Crippen LogP contribution in [0.3, 0.4) is 0 Å². The van der Waals surface area contributed by atoms with Crippen LogP contribution in [0, 0.1) is 0 Å². The van der Waals surface area contributed by atoms with Gasteiger partial charge < -0.3 is 10.6 Å². The largest absolute Gasteiger partial charge is 0.385 e. The Hall–Kier alpha value is -2.30. The highest BCUT2D eigenvalue weighted by molar-refractivity contribution is 8.02. The average Bonchev–Trinajstić information content (AvgIpc) is 3.35. The quantitative estimate of drug-likeness (QED) is 0.286. The average molecular weight is 534 g/mol. The van der Waals surface area contributed by atoms with E-state index in [9.17, 15) is 9.00 Å². The Morgan fingerprint density at radius 3 is 2.65 bits per heavy atom. The summed E-state index contributed by atoms with van der Waals surface area (Å²) in [6.07, 6.45) is 0.813. The minimum Gasteiger partial charge on any atom is -0.385 e. The fourth-order valence-electron chi connectivity index (χ4n) is 3.67. The number of nitrogens with one attached hydrogen (secondary N) is 3. The van der Waals surface area contributed by atoms with E-state index < -0.39 is 11.3 Å². The van der Waals surface area contributed by atoms with E-state index in [1.165, 1.54) is 4.88 Å². The van der Waals surface area contributed by atoms with E-state index in [0.717, 1.165) is 23.4 Å². The smallest absolute Gasteiger partial charge is 0.259 e. The van der Waals surface area contributed by atoms with Gasteiger partial charge in [0.1, 0.15) is 0 Å². The first kappa shape index (κ1) is 24.8. The SMILES string of the molecule is O=C(Cc1cccc(Cl)c1)N[C@@H](Cc1ccc(NS(=O)O)cc1)C1=CSC(c2cccs2)CN1. The van der Waals surface area contributed by atoms with Crippen LogP contribution in [-0.4, -0.2) is 27.3 Å². The standard InChI is InChI=1S/C24H24ClN3O3S3/c25-18-4-1-3-17(11-18)13-24(29)27-20(12-16-6-8-19(9-7-16)28-34(30)31)21-15-33-23(14-26-21)22-5-2-10-32-22/h1-11,15,20,23,26,28H,12-14H2,(H,27,29)(H,30,31)/t20-,23?/m0/s1. The first-order chi connectivity index (χ1) is 16.5. The number of carbonyl (C=O) groups is 1. The van der Waals surface area contributed by atoms with Crippen LogP contribution < -0.4 is 15.4 Å². The van der Waals surface area contributed by atoms with Gasteiger partial charge in [0.25, 0.3) is 11.3 Å². The van der Waals surface area contributed by atoms with Crippen LogP contribution in [0.5, 0.6) is 0 Å². The van der Waals surface area contributed by atoms with Gasteiger partial charge in [0.05, 0.1) is 17.7 Å². The van der Waals surface area contributed by atoms with Gasteiger partial charge in [0.2, 0.25) is 5.91 Å². The second-order valence-corrected chi connectivity index (χ2v) is 11.0. The molecule has 0 bridgehead atoms. The summed E-state index contributed by atoms with van der Waals surface area (Å²) >= 11 is 7.45. The van der Waals surface area contributed by atoms with Gasteiger partial charge in [0, 0.05) is 27.8 Å². The molecule has 2 aromatic carbocycles. The Morgan fingerprint density at radius 2 is 2.00 bits per heavy atom. The zero-order valence-corrected chi connectivity index (χ0v) is 21.3. The molecule has 0 fully saturated rings. The minimum absolute atomic E-state index is 0.0886. The number of hydrogen-bond donors (Lipinski definition) is 4. The molecule has 0 saturated heterocycles. The third kappa shape index (κ3) is 7.10. The second-order valence-electron chi connectivity index (χ2n) is 7.77.